The predicted octanol–water partition coefficient (Wildman–Crippen LogP) is 3.75. The van der Waals surface area contributed by atoms with Gasteiger partial charge < -0.3 is 25.0 Å². The van der Waals surface area contributed by atoms with Crippen LogP contribution < -0.4 is 5.32 Å². The number of halogens is 1. The van der Waals surface area contributed by atoms with E-state index >= 15 is 0 Å². The predicted molar refractivity (Wildman–Crippen MR) is 114 cm³/mol. The van der Waals surface area contributed by atoms with E-state index in [2.05, 4.69) is 15.0 Å². The number of aromatic nitrogens is 1. The summed E-state index contributed by atoms with van der Waals surface area (Å²) >= 11 is 6.21. The highest BCUT2D eigenvalue weighted by molar-refractivity contribution is 6.31. The molecule has 1 aliphatic heterocycles. The van der Waals surface area contributed by atoms with Crippen LogP contribution in [0.1, 0.15) is 29.3 Å². The molecule has 156 valence electrons. The molecule has 2 heterocycles. The van der Waals surface area contributed by atoms with Crippen molar-refractivity contribution in [1.82, 2.24) is 15.2 Å². The molecular formula is C22H22ClN3O4. The van der Waals surface area contributed by atoms with Gasteiger partial charge in [-0.15, -0.1) is 0 Å². The van der Waals surface area contributed by atoms with Crippen molar-refractivity contribution in [3.05, 3.63) is 64.3 Å². The minimum Gasteiger partial charge on any atom is -0.508 e. The second kappa shape index (κ2) is 8.28. The van der Waals surface area contributed by atoms with Crippen LogP contribution in [0.15, 0.2) is 42.5 Å². The Balaban J connectivity index is 1.71. The number of ether oxygens (including phenoxy) is 1. The van der Waals surface area contributed by atoms with Crippen LogP contribution in [0.25, 0.3) is 10.9 Å². The summed E-state index contributed by atoms with van der Waals surface area (Å²) in [4.78, 5) is 29.6. The zero-order valence-electron chi connectivity index (χ0n) is 16.4. The number of fused-ring (bicyclic) bond motifs is 3. The third-order valence-electron chi connectivity index (χ3n) is 5.39. The van der Waals surface area contributed by atoms with Crippen LogP contribution in [0.5, 0.6) is 5.75 Å². The van der Waals surface area contributed by atoms with Crippen LogP contribution in [-0.4, -0.2) is 47.2 Å². The number of phenolic OH excluding ortho intramolecular Hbond substituents is 1. The van der Waals surface area contributed by atoms with Crippen molar-refractivity contribution in [3.8, 4) is 5.75 Å². The molecule has 1 aliphatic rings. The minimum atomic E-state index is -0.569. The Morgan fingerprint density at radius 3 is 2.90 bits per heavy atom. The number of amides is 2. The van der Waals surface area contributed by atoms with Crippen LogP contribution >= 0.6 is 11.6 Å². The molecule has 3 N–H and O–H groups in total. The summed E-state index contributed by atoms with van der Waals surface area (Å²) in [5, 5.41) is 14.3. The van der Waals surface area contributed by atoms with Crippen molar-refractivity contribution in [2.75, 3.05) is 20.2 Å². The largest absolute Gasteiger partial charge is 0.508 e. The van der Waals surface area contributed by atoms with Gasteiger partial charge in [0.2, 0.25) is 5.91 Å². The molecule has 0 aliphatic carbocycles. The van der Waals surface area contributed by atoms with Crippen molar-refractivity contribution < 1.29 is 19.4 Å². The number of rotatable bonds is 4. The second-order valence-corrected chi connectivity index (χ2v) is 7.65. The van der Waals surface area contributed by atoms with E-state index in [1.807, 2.05) is 24.3 Å². The number of nitrogens with zero attached hydrogens (tertiary/aromatic N) is 1. The third-order valence-corrected chi connectivity index (χ3v) is 5.62. The van der Waals surface area contributed by atoms with Gasteiger partial charge in [0, 0.05) is 41.1 Å². The van der Waals surface area contributed by atoms with Crippen molar-refractivity contribution in [1.29, 1.82) is 0 Å². The van der Waals surface area contributed by atoms with E-state index in [9.17, 15) is 14.7 Å². The summed E-state index contributed by atoms with van der Waals surface area (Å²) in [7, 11) is 1.28. The van der Waals surface area contributed by atoms with E-state index in [1.54, 1.807) is 23.1 Å². The van der Waals surface area contributed by atoms with Gasteiger partial charge >= 0.3 is 6.09 Å². The van der Waals surface area contributed by atoms with E-state index in [4.69, 9.17) is 11.6 Å². The lowest BCUT2D eigenvalue weighted by molar-refractivity contribution is -0.133. The van der Waals surface area contributed by atoms with Crippen LogP contribution in [0, 0.1) is 0 Å². The molecule has 0 bridgehead atoms. The zero-order valence-corrected chi connectivity index (χ0v) is 17.2. The number of alkyl carbamates (subject to hydrolysis) is 1. The lowest BCUT2D eigenvalue weighted by Gasteiger charge is -2.36. The number of carbonyl (C=O) groups excluding carboxylic acids is 2. The Morgan fingerprint density at radius 2 is 2.13 bits per heavy atom. The number of carbonyl (C=O) groups is 2. The maximum absolute atomic E-state index is 13.1. The number of hydrogen-bond donors (Lipinski definition) is 3. The van der Waals surface area contributed by atoms with E-state index in [1.165, 1.54) is 7.11 Å². The van der Waals surface area contributed by atoms with Crippen LogP contribution in [0.3, 0.4) is 0 Å². The third kappa shape index (κ3) is 3.80. The number of phenols is 1. The van der Waals surface area contributed by atoms with Gasteiger partial charge in [-0.1, -0.05) is 23.7 Å². The Kier molecular flexibility index (Phi) is 5.55. The summed E-state index contributed by atoms with van der Waals surface area (Å²) in [6, 6.07) is 12.3. The second-order valence-electron chi connectivity index (χ2n) is 7.21. The maximum Gasteiger partial charge on any atom is 0.406 e. The highest BCUT2D eigenvalue weighted by Gasteiger charge is 2.34. The number of methoxy groups -OCH3 is 1. The molecule has 0 fully saturated rings. The van der Waals surface area contributed by atoms with Gasteiger partial charge in [-0.2, -0.15) is 0 Å². The monoisotopic (exact) mass is 427 g/mol. The summed E-state index contributed by atoms with van der Waals surface area (Å²) in [5.41, 5.74) is 3.80. The highest BCUT2D eigenvalue weighted by Crippen LogP contribution is 2.39. The molecule has 0 saturated carbocycles. The molecule has 1 unspecified atom stereocenters. The highest BCUT2D eigenvalue weighted by atomic mass is 35.5. The number of aromatic amines is 1. The molecule has 8 heteroatoms. The number of benzene rings is 2. The SMILES string of the molecule is COC(=O)NCCC(=O)N1CCc2c([nH]c3ccc(Cl)cc23)C1c1cccc(O)c1. The van der Waals surface area contributed by atoms with Crippen LogP contribution in [0.2, 0.25) is 5.02 Å². The number of aromatic hydroxyl groups is 1. The Bertz CT molecular complexity index is 1110. The standard InChI is InChI=1S/C22H22ClN3O4/c1-30-22(29)24-9-7-19(28)26-10-8-16-17-12-14(23)5-6-18(17)25-20(16)21(26)13-3-2-4-15(27)11-13/h2-6,11-12,21,25,27H,7-10H2,1H3,(H,24,29). The molecule has 0 radical (unpaired) electrons. The number of nitrogens with one attached hydrogen (secondary N) is 2. The summed E-state index contributed by atoms with van der Waals surface area (Å²) in [5.74, 6) is 0.0422. The molecule has 7 nitrogen and oxygen atoms in total. The lowest BCUT2D eigenvalue weighted by Crippen LogP contribution is -2.42. The molecule has 3 aromatic rings. The smallest absolute Gasteiger partial charge is 0.406 e. The molecule has 0 spiro atoms. The minimum absolute atomic E-state index is 0.0953. The molecule has 1 atom stereocenters. The van der Waals surface area contributed by atoms with Gasteiger partial charge in [-0.25, -0.2) is 4.79 Å². The Labute approximate surface area is 178 Å². The summed E-state index contributed by atoms with van der Waals surface area (Å²) < 4.78 is 4.55. The number of hydrogen-bond acceptors (Lipinski definition) is 4. The van der Waals surface area contributed by atoms with Crippen molar-refractivity contribution >= 4 is 34.5 Å². The molecule has 1 aromatic heterocycles. The van der Waals surface area contributed by atoms with Gasteiger partial charge in [0.05, 0.1) is 13.2 Å². The normalized spacial score (nSPS) is 15.7. The van der Waals surface area contributed by atoms with E-state index in [0.29, 0.717) is 18.0 Å². The van der Waals surface area contributed by atoms with Crippen LogP contribution in [0.4, 0.5) is 4.79 Å². The summed E-state index contributed by atoms with van der Waals surface area (Å²) in [6.07, 6.45) is 0.258. The lowest BCUT2D eigenvalue weighted by atomic mass is 9.92. The zero-order chi connectivity index (χ0) is 21.3. The molecular weight excluding hydrogens is 406 g/mol. The first-order valence-electron chi connectivity index (χ1n) is 9.68. The first kappa shape index (κ1) is 20.1. The molecule has 30 heavy (non-hydrogen) atoms. The first-order valence-corrected chi connectivity index (χ1v) is 10.1. The van der Waals surface area contributed by atoms with Crippen LogP contribution in [-0.2, 0) is 16.0 Å². The fourth-order valence-corrected chi connectivity index (χ4v) is 4.23. The van der Waals surface area contributed by atoms with Gasteiger partial charge in [-0.3, -0.25) is 4.79 Å². The summed E-state index contributed by atoms with van der Waals surface area (Å²) in [6.45, 7) is 0.702. The Morgan fingerprint density at radius 1 is 1.30 bits per heavy atom. The number of H-pyrrole nitrogens is 1. The quantitative estimate of drug-likeness (QED) is 0.591. The van der Waals surface area contributed by atoms with Gasteiger partial charge in [0.15, 0.2) is 0 Å². The van der Waals surface area contributed by atoms with Gasteiger partial charge in [0.25, 0.3) is 0 Å². The van der Waals surface area contributed by atoms with Crippen molar-refractivity contribution in [3.63, 3.8) is 0 Å². The van der Waals surface area contributed by atoms with E-state index < -0.39 is 6.09 Å². The van der Waals surface area contributed by atoms with Gasteiger partial charge in [-0.05, 0) is 47.9 Å². The maximum atomic E-state index is 13.1. The van der Waals surface area contributed by atoms with Crippen molar-refractivity contribution in [2.24, 2.45) is 0 Å². The fourth-order valence-electron chi connectivity index (χ4n) is 4.06. The average molecular weight is 428 g/mol. The first-order chi connectivity index (χ1) is 14.5. The molecule has 2 amide bonds. The molecule has 0 saturated heterocycles. The topological polar surface area (TPSA) is 94.7 Å². The van der Waals surface area contributed by atoms with E-state index in [-0.39, 0.29) is 30.7 Å². The van der Waals surface area contributed by atoms with Crippen molar-refractivity contribution in [2.45, 2.75) is 18.9 Å². The van der Waals surface area contributed by atoms with E-state index in [0.717, 1.165) is 27.7 Å². The Hall–Kier alpha value is -3.19. The molecule has 2 aromatic carbocycles. The average Bonchev–Trinajstić information content (AvgIpc) is 3.10. The fraction of sp³-hybridized carbons (Fsp3) is 0.273. The molecule has 4 rings (SSSR count). The van der Waals surface area contributed by atoms with Gasteiger partial charge in [0.1, 0.15) is 5.75 Å².